The highest BCUT2D eigenvalue weighted by atomic mass is 35.5. The Labute approximate surface area is 171 Å². The molecule has 4 rings (SSSR count). The van der Waals surface area contributed by atoms with Crippen LogP contribution in [0.25, 0.3) is 16.8 Å². The molecule has 2 N–H and O–H groups in total. The molecule has 1 aliphatic rings. The van der Waals surface area contributed by atoms with Crippen LogP contribution in [0.4, 0.5) is 4.79 Å². The van der Waals surface area contributed by atoms with Gasteiger partial charge in [0.15, 0.2) is 0 Å². The lowest BCUT2D eigenvalue weighted by Gasteiger charge is -2.28. The monoisotopic (exact) mass is 406 g/mol. The number of amides is 2. The van der Waals surface area contributed by atoms with E-state index in [1.807, 2.05) is 42.6 Å². The second-order valence-electron chi connectivity index (χ2n) is 6.35. The summed E-state index contributed by atoms with van der Waals surface area (Å²) in [5, 5.41) is 18.2. The Bertz CT molecular complexity index is 1130. The van der Waals surface area contributed by atoms with Gasteiger partial charge in [0.1, 0.15) is 5.01 Å². The van der Waals surface area contributed by atoms with Crippen molar-refractivity contribution in [3.63, 3.8) is 0 Å². The van der Waals surface area contributed by atoms with Crippen LogP contribution < -0.4 is 10.6 Å². The maximum absolute atomic E-state index is 12.1. The number of hydrogen-bond donors (Lipinski definition) is 2. The van der Waals surface area contributed by atoms with E-state index in [1.54, 1.807) is 18.2 Å². The average molecular weight is 407 g/mol. The second-order valence-corrected chi connectivity index (χ2v) is 7.65. The van der Waals surface area contributed by atoms with Crippen molar-refractivity contribution in [2.45, 2.75) is 13.0 Å². The van der Waals surface area contributed by atoms with Gasteiger partial charge in [0.2, 0.25) is 0 Å². The van der Waals surface area contributed by atoms with Crippen molar-refractivity contribution in [1.29, 1.82) is 5.26 Å². The molecular formula is C21H15ClN4OS. The molecule has 28 heavy (non-hydrogen) atoms. The number of nitrogens with one attached hydrogen (secondary N) is 2. The average Bonchev–Trinajstić information content (AvgIpc) is 3.17. The molecule has 3 aromatic rings. The van der Waals surface area contributed by atoms with E-state index < -0.39 is 0 Å². The van der Waals surface area contributed by atoms with Gasteiger partial charge in [-0.05, 0) is 36.8 Å². The standard InChI is InChI=1S/C21H15ClN4OS/c1-12-18(19(26-21(27)24-12)15-3-2-4-16(22)9-15)20-25-17(11-28-20)14-7-5-13(10-23)6-8-14/h2-9,11,19H,1H3,(H2,24,26,27). The van der Waals surface area contributed by atoms with Gasteiger partial charge >= 0.3 is 6.03 Å². The van der Waals surface area contributed by atoms with Crippen LogP contribution in [0.2, 0.25) is 5.02 Å². The summed E-state index contributed by atoms with van der Waals surface area (Å²) < 4.78 is 0. The molecular weight excluding hydrogens is 392 g/mol. The zero-order valence-electron chi connectivity index (χ0n) is 14.9. The molecule has 0 saturated heterocycles. The lowest BCUT2D eigenvalue weighted by atomic mass is 9.96. The molecule has 5 nitrogen and oxygen atoms in total. The molecule has 1 atom stereocenters. The number of nitrogens with zero attached hydrogens (tertiary/aromatic N) is 2. The lowest BCUT2D eigenvalue weighted by molar-refractivity contribution is 0.240. The molecule has 1 aromatic heterocycles. The molecule has 2 heterocycles. The Hall–Kier alpha value is -3.14. The Balaban J connectivity index is 1.75. The second kappa shape index (κ2) is 7.47. The van der Waals surface area contributed by atoms with Gasteiger partial charge in [-0.15, -0.1) is 11.3 Å². The lowest BCUT2D eigenvalue weighted by Crippen LogP contribution is -2.42. The zero-order valence-corrected chi connectivity index (χ0v) is 16.4. The molecule has 2 amide bonds. The van der Waals surface area contributed by atoms with Crippen LogP contribution in [0.15, 0.2) is 59.6 Å². The van der Waals surface area contributed by atoms with E-state index in [4.69, 9.17) is 21.8 Å². The number of benzene rings is 2. The predicted molar refractivity (Wildman–Crippen MR) is 111 cm³/mol. The number of carbonyl (C=O) groups is 1. The first-order chi connectivity index (χ1) is 13.5. The molecule has 0 spiro atoms. The fourth-order valence-corrected chi connectivity index (χ4v) is 4.32. The highest BCUT2D eigenvalue weighted by Gasteiger charge is 2.29. The largest absolute Gasteiger partial charge is 0.327 e. The summed E-state index contributed by atoms with van der Waals surface area (Å²) >= 11 is 7.67. The van der Waals surface area contributed by atoms with E-state index in [0.29, 0.717) is 10.6 Å². The van der Waals surface area contributed by atoms with Crippen LogP contribution in [0.5, 0.6) is 0 Å². The van der Waals surface area contributed by atoms with Crippen LogP contribution in [0.1, 0.15) is 29.1 Å². The van der Waals surface area contributed by atoms with E-state index >= 15 is 0 Å². The third-order valence-electron chi connectivity index (χ3n) is 4.50. The molecule has 1 aliphatic heterocycles. The third kappa shape index (κ3) is 3.50. The van der Waals surface area contributed by atoms with E-state index in [1.165, 1.54) is 11.3 Å². The van der Waals surface area contributed by atoms with E-state index in [-0.39, 0.29) is 12.1 Å². The minimum Gasteiger partial charge on any atom is -0.327 e. The third-order valence-corrected chi connectivity index (χ3v) is 5.61. The Morgan fingerprint density at radius 2 is 2.00 bits per heavy atom. The summed E-state index contributed by atoms with van der Waals surface area (Å²) in [5.41, 5.74) is 4.93. The van der Waals surface area contributed by atoms with Crippen molar-refractivity contribution in [2.24, 2.45) is 0 Å². The molecule has 138 valence electrons. The fraction of sp³-hybridized carbons (Fsp3) is 0.0952. The summed E-state index contributed by atoms with van der Waals surface area (Å²) in [7, 11) is 0. The van der Waals surface area contributed by atoms with Gasteiger partial charge in [-0.3, -0.25) is 0 Å². The van der Waals surface area contributed by atoms with Gasteiger partial charge in [-0.2, -0.15) is 5.26 Å². The fourth-order valence-electron chi connectivity index (χ4n) is 3.16. The summed E-state index contributed by atoms with van der Waals surface area (Å²) in [4.78, 5) is 16.9. The molecule has 0 radical (unpaired) electrons. The number of urea groups is 1. The Morgan fingerprint density at radius 3 is 2.71 bits per heavy atom. The van der Waals surface area contributed by atoms with Crippen molar-refractivity contribution >= 4 is 34.5 Å². The molecule has 0 aliphatic carbocycles. The first-order valence-corrected chi connectivity index (χ1v) is 9.81. The molecule has 2 aromatic carbocycles. The maximum Gasteiger partial charge on any atom is 0.319 e. The quantitative estimate of drug-likeness (QED) is 0.633. The van der Waals surface area contributed by atoms with Crippen molar-refractivity contribution in [2.75, 3.05) is 0 Å². The number of aromatic nitrogens is 1. The summed E-state index contributed by atoms with van der Waals surface area (Å²) in [5.74, 6) is 0. The van der Waals surface area contributed by atoms with Crippen molar-refractivity contribution < 1.29 is 4.79 Å². The van der Waals surface area contributed by atoms with E-state index in [0.717, 1.165) is 33.1 Å². The summed E-state index contributed by atoms with van der Waals surface area (Å²) in [6.45, 7) is 1.87. The Kier molecular flexibility index (Phi) is 4.86. The molecule has 0 fully saturated rings. The van der Waals surface area contributed by atoms with Crippen molar-refractivity contribution in [3.05, 3.63) is 80.8 Å². The van der Waals surface area contributed by atoms with Gasteiger partial charge < -0.3 is 10.6 Å². The first kappa shape index (κ1) is 18.2. The molecule has 0 saturated carbocycles. The number of carbonyl (C=O) groups excluding carboxylic acids is 1. The van der Waals surface area contributed by atoms with Gasteiger partial charge in [-0.1, -0.05) is 35.9 Å². The normalized spacial score (nSPS) is 16.3. The number of allylic oxidation sites excluding steroid dienone is 1. The van der Waals surface area contributed by atoms with Crippen LogP contribution in [0, 0.1) is 11.3 Å². The van der Waals surface area contributed by atoms with Crippen LogP contribution in [-0.4, -0.2) is 11.0 Å². The van der Waals surface area contributed by atoms with E-state index in [9.17, 15) is 4.79 Å². The van der Waals surface area contributed by atoms with Gasteiger partial charge in [0, 0.05) is 27.2 Å². The number of halogens is 1. The number of nitriles is 1. The highest BCUT2D eigenvalue weighted by molar-refractivity contribution is 7.11. The minimum absolute atomic E-state index is 0.255. The van der Waals surface area contributed by atoms with Crippen molar-refractivity contribution in [1.82, 2.24) is 15.6 Å². The van der Waals surface area contributed by atoms with Crippen molar-refractivity contribution in [3.8, 4) is 17.3 Å². The molecule has 7 heteroatoms. The smallest absolute Gasteiger partial charge is 0.319 e. The predicted octanol–water partition coefficient (Wildman–Crippen LogP) is 5.12. The maximum atomic E-state index is 12.1. The number of hydrogen-bond acceptors (Lipinski definition) is 4. The van der Waals surface area contributed by atoms with Crippen LogP contribution in [0.3, 0.4) is 0 Å². The molecule has 1 unspecified atom stereocenters. The topological polar surface area (TPSA) is 77.8 Å². The summed E-state index contributed by atoms with van der Waals surface area (Å²) in [6.07, 6.45) is 0. The van der Waals surface area contributed by atoms with E-state index in [2.05, 4.69) is 16.7 Å². The van der Waals surface area contributed by atoms with Crippen LogP contribution >= 0.6 is 22.9 Å². The van der Waals surface area contributed by atoms with Gasteiger partial charge in [0.25, 0.3) is 0 Å². The summed E-state index contributed by atoms with van der Waals surface area (Å²) in [6, 6.07) is 16.3. The Morgan fingerprint density at radius 1 is 1.21 bits per heavy atom. The highest BCUT2D eigenvalue weighted by Crippen LogP contribution is 2.37. The molecule has 0 bridgehead atoms. The van der Waals surface area contributed by atoms with Gasteiger partial charge in [0.05, 0.1) is 23.4 Å². The minimum atomic E-state index is -0.340. The SMILES string of the molecule is CC1=C(c2nc(-c3ccc(C#N)cc3)cs2)C(c2cccc(Cl)c2)NC(=O)N1. The first-order valence-electron chi connectivity index (χ1n) is 8.55. The number of thiazole rings is 1. The number of rotatable bonds is 3. The van der Waals surface area contributed by atoms with Gasteiger partial charge in [-0.25, -0.2) is 9.78 Å². The zero-order chi connectivity index (χ0) is 19.7. The van der Waals surface area contributed by atoms with Crippen LogP contribution in [-0.2, 0) is 0 Å².